The summed E-state index contributed by atoms with van der Waals surface area (Å²) < 4.78 is 5.78. The van der Waals surface area contributed by atoms with E-state index in [0.717, 1.165) is 18.4 Å². The number of nitrogens with two attached hydrogens (primary N) is 1. The normalized spacial score (nSPS) is 19.6. The zero-order valence-corrected chi connectivity index (χ0v) is 11.0. The first-order chi connectivity index (χ1) is 9.69. The molecule has 1 amide bonds. The van der Waals surface area contributed by atoms with Crippen LogP contribution in [0.3, 0.4) is 0 Å². The molecule has 4 N–H and O–H groups in total. The summed E-state index contributed by atoms with van der Waals surface area (Å²) in [7, 11) is 0. The summed E-state index contributed by atoms with van der Waals surface area (Å²) in [6.07, 6.45) is 0.449. The Labute approximate surface area is 116 Å². The van der Waals surface area contributed by atoms with Crippen LogP contribution in [0.4, 0.5) is 0 Å². The second-order valence-corrected chi connectivity index (χ2v) is 5.05. The number of carbonyl (C=O) groups is 1. The van der Waals surface area contributed by atoms with Crippen molar-refractivity contribution in [2.24, 2.45) is 5.84 Å². The number of hydrogen-bond acceptors (Lipinski definition) is 5. The van der Waals surface area contributed by atoms with Crippen molar-refractivity contribution >= 4 is 16.9 Å². The van der Waals surface area contributed by atoms with Gasteiger partial charge in [-0.1, -0.05) is 18.2 Å². The van der Waals surface area contributed by atoms with E-state index in [1.807, 2.05) is 24.3 Å². The zero-order valence-electron chi connectivity index (χ0n) is 11.0. The van der Waals surface area contributed by atoms with Gasteiger partial charge in [0.15, 0.2) is 0 Å². The average Bonchev–Trinajstić information content (AvgIpc) is 3.01. The van der Waals surface area contributed by atoms with Crippen molar-refractivity contribution < 1.29 is 14.3 Å². The van der Waals surface area contributed by atoms with Gasteiger partial charge in [-0.3, -0.25) is 15.1 Å². The number of furan rings is 1. The number of aliphatic hydroxyl groups excluding tert-OH is 1. The van der Waals surface area contributed by atoms with E-state index in [9.17, 15) is 9.90 Å². The highest BCUT2D eigenvalue weighted by molar-refractivity contribution is 6.07. The van der Waals surface area contributed by atoms with Gasteiger partial charge in [-0.25, -0.2) is 5.84 Å². The molecule has 1 aliphatic rings. The van der Waals surface area contributed by atoms with E-state index in [-0.39, 0.29) is 12.0 Å². The van der Waals surface area contributed by atoms with Crippen molar-refractivity contribution in [3.8, 4) is 0 Å². The first-order valence-corrected chi connectivity index (χ1v) is 6.61. The van der Waals surface area contributed by atoms with E-state index in [2.05, 4.69) is 10.3 Å². The number of β-amino-alcohol motifs (C(OH)–C–C–N with tert-alkyl or cyclic N) is 1. The second-order valence-electron chi connectivity index (χ2n) is 5.05. The van der Waals surface area contributed by atoms with Gasteiger partial charge in [0.25, 0.3) is 5.91 Å². The maximum Gasteiger partial charge on any atom is 0.269 e. The maximum atomic E-state index is 12.0. The smallest absolute Gasteiger partial charge is 0.269 e. The molecule has 3 rings (SSSR count). The minimum absolute atomic E-state index is 0.300. The molecule has 2 heterocycles. The highest BCUT2D eigenvalue weighted by Gasteiger charge is 2.25. The zero-order chi connectivity index (χ0) is 14.1. The van der Waals surface area contributed by atoms with E-state index >= 15 is 0 Å². The molecule has 0 aliphatic carbocycles. The lowest BCUT2D eigenvalue weighted by Gasteiger charge is -2.13. The Bertz CT molecular complexity index is 638. The quantitative estimate of drug-likeness (QED) is 0.433. The molecule has 1 atom stereocenters. The van der Waals surface area contributed by atoms with Crippen LogP contribution in [0.1, 0.15) is 22.5 Å². The summed E-state index contributed by atoms with van der Waals surface area (Å²) in [4.78, 5) is 14.0. The van der Waals surface area contributed by atoms with Gasteiger partial charge in [0.05, 0.1) is 18.2 Å². The number of nitrogens with one attached hydrogen (secondary N) is 1. The number of fused-ring (bicyclic) bond motifs is 1. The largest absolute Gasteiger partial charge is 0.459 e. The SMILES string of the molecule is NNC(=O)c1c(CN2CCC(O)C2)oc2ccccc12. The number of hydrogen-bond donors (Lipinski definition) is 3. The summed E-state index contributed by atoms with van der Waals surface area (Å²) >= 11 is 0. The Morgan fingerprint density at radius 2 is 2.30 bits per heavy atom. The van der Waals surface area contributed by atoms with Gasteiger partial charge in [0, 0.05) is 18.5 Å². The van der Waals surface area contributed by atoms with Crippen LogP contribution in [-0.4, -0.2) is 35.1 Å². The molecule has 2 aromatic rings. The van der Waals surface area contributed by atoms with E-state index in [1.54, 1.807) is 0 Å². The number of benzene rings is 1. The summed E-state index contributed by atoms with van der Waals surface area (Å²) in [6, 6.07) is 7.38. The Morgan fingerprint density at radius 3 is 3.00 bits per heavy atom. The van der Waals surface area contributed by atoms with Crippen LogP contribution in [0, 0.1) is 0 Å². The third kappa shape index (κ3) is 2.29. The molecule has 1 fully saturated rings. The molecular weight excluding hydrogens is 258 g/mol. The number of carbonyl (C=O) groups excluding carboxylic acids is 1. The highest BCUT2D eigenvalue weighted by atomic mass is 16.3. The number of aliphatic hydroxyl groups is 1. The number of para-hydroxylation sites is 1. The molecule has 0 saturated carbocycles. The van der Waals surface area contributed by atoms with Crippen LogP contribution in [0.2, 0.25) is 0 Å². The van der Waals surface area contributed by atoms with E-state index in [1.165, 1.54) is 0 Å². The molecular formula is C14H17N3O3. The molecule has 1 aromatic carbocycles. The first kappa shape index (κ1) is 13.1. The summed E-state index contributed by atoms with van der Waals surface area (Å²) in [5.41, 5.74) is 3.31. The van der Waals surface area contributed by atoms with Crippen LogP contribution in [0.15, 0.2) is 28.7 Å². The predicted molar refractivity (Wildman–Crippen MR) is 73.8 cm³/mol. The van der Waals surface area contributed by atoms with Crippen molar-refractivity contribution in [3.63, 3.8) is 0 Å². The standard InChI is InChI=1S/C14H17N3O3/c15-16-14(19)13-10-3-1-2-4-11(10)20-12(13)8-17-6-5-9(18)7-17/h1-4,9,18H,5-8,15H2,(H,16,19). The molecule has 6 heteroatoms. The summed E-state index contributed by atoms with van der Waals surface area (Å²) in [6.45, 7) is 1.89. The van der Waals surface area contributed by atoms with Crippen LogP contribution in [0.25, 0.3) is 11.0 Å². The first-order valence-electron chi connectivity index (χ1n) is 6.61. The Kier molecular flexibility index (Phi) is 3.43. The predicted octanol–water partition coefficient (Wildman–Crippen LogP) is 0.603. The number of rotatable bonds is 3. The number of hydrazine groups is 1. The molecule has 0 spiro atoms. The van der Waals surface area contributed by atoms with Crippen molar-refractivity contribution in [3.05, 3.63) is 35.6 Å². The number of likely N-dealkylation sites (tertiary alicyclic amines) is 1. The van der Waals surface area contributed by atoms with E-state index < -0.39 is 0 Å². The minimum Gasteiger partial charge on any atom is -0.459 e. The van der Waals surface area contributed by atoms with E-state index in [0.29, 0.717) is 30.0 Å². The van der Waals surface area contributed by atoms with Crippen molar-refractivity contribution in [1.82, 2.24) is 10.3 Å². The van der Waals surface area contributed by atoms with E-state index in [4.69, 9.17) is 10.3 Å². The molecule has 1 saturated heterocycles. The number of nitrogens with zero attached hydrogens (tertiary/aromatic N) is 1. The molecule has 1 aromatic heterocycles. The number of amides is 1. The summed E-state index contributed by atoms with van der Waals surface area (Å²) in [5.74, 6) is 5.49. The lowest BCUT2D eigenvalue weighted by molar-refractivity contribution is 0.0951. The lowest BCUT2D eigenvalue weighted by atomic mass is 10.1. The monoisotopic (exact) mass is 275 g/mol. The molecule has 6 nitrogen and oxygen atoms in total. The topological polar surface area (TPSA) is 91.7 Å². The average molecular weight is 275 g/mol. The third-order valence-electron chi connectivity index (χ3n) is 3.64. The van der Waals surface area contributed by atoms with Gasteiger partial charge >= 0.3 is 0 Å². The fourth-order valence-electron chi connectivity index (χ4n) is 2.69. The molecule has 0 radical (unpaired) electrons. The third-order valence-corrected chi connectivity index (χ3v) is 3.64. The second kappa shape index (κ2) is 5.24. The Balaban J connectivity index is 1.98. The van der Waals surface area contributed by atoms with Crippen LogP contribution < -0.4 is 11.3 Å². The van der Waals surface area contributed by atoms with Gasteiger partial charge in [-0.05, 0) is 12.5 Å². The van der Waals surface area contributed by atoms with Gasteiger partial charge in [0.1, 0.15) is 11.3 Å². The van der Waals surface area contributed by atoms with Crippen molar-refractivity contribution in [2.75, 3.05) is 13.1 Å². The summed E-state index contributed by atoms with van der Waals surface area (Å²) in [5, 5.41) is 10.3. The van der Waals surface area contributed by atoms with Crippen LogP contribution in [0.5, 0.6) is 0 Å². The van der Waals surface area contributed by atoms with Gasteiger partial charge in [-0.2, -0.15) is 0 Å². The maximum absolute atomic E-state index is 12.0. The van der Waals surface area contributed by atoms with Gasteiger partial charge in [0.2, 0.25) is 0 Å². The van der Waals surface area contributed by atoms with Crippen LogP contribution >= 0.6 is 0 Å². The van der Waals surface area contributed by atoms with Crippen LogP contribution in [-0.2, 0) is 6.54 Å². The molecule has 0 bridgehead atoms. The highest BCUT2D eigenvalue weighted by Crippen LogP contribution is 2.27. The molecule has 106 valence electrons. The van der Waals surface area contributed by atoms with Gasteiger partial charge < -0.3 is 9.52 Å². The minimum atomic E-state index is -0.357. The number of nitrogen functional groups attached to an aromatic ring is 1. The van der Waals surface area contributed by atoms with Gasteiger partial charge in [-0.15, -0.1) is 0 Å². The fraction of sp³-hybridized carbons (Fsp3) is 0.357. The van der Waals surface area contributed by atoms with Crippen molar-refractivity contribution in [2.45, 2.75) is 19.1 Å². The Morgan fingerprint density at radius 1 is 1.50 bits per heavy atom. The fourth-order valence-corrected chi connectivity index (χ4v) is 2.69. The molecule has 1 unspecified atom stereocenters. The Hall–Kier alpha value is -1.89. The lowest BCUT2D eigenvalue weighted by Crippen LogP contribution is -2.31. The van der Waals surface area contributed by atoms with Crippen molar-refractivity contribution in [1.29, 1.82) is 0 Å². The molecule has 20 heavy (non-hydrogen) atoms. The molecule has 1 aliphatic heterocycles.